The molecule has 8 aromatic heterocycles. The van der Waals surface area contributed by atoms with Crippen LogP contribution in [0.1, 0.15) is 250 Å². The molecule has 1 amide bonds. The van der Waals surface area contributed by atoms with Crippen LogP contribution < -0.4 is 127 Å². The molecule has 10 aromatic rings. The average Bonchev–Trinajstić information content (AvgIpc) is 1.64. The minimum absolute atomic E-state index is 0. The van der Waals surface area contributed by atoms with Gasteiger partial charge in [0.15, 0.2) is 0 Å². The molecule has 4 saturated carbocycles. The van der Waals surface area contributed by atoms with E-state index in [2.05, 4.69) is 139 Å². The largest absolute Gasteiger partial charge is 1.00 e. The number of rotatable bonds is 20. The van der Waals surface area contributed by atoms with Gasteiger partial charge in [0.05, 0.1) is 30.1 Å². The standard InChI is InChI=1S/C24H29N3OS.C20H27N3O3S.2C18H24N2OS.C7H7Br.CH3F.CH2F.CH2O3.ClH.2K/c1-2-27(15-17-7-4-3-5-8-17)18-11-13-19(14-12-18)28-23-22-20-9-6-10-21(20)29-24(22)26-16-25-23;1-20(2,3)26-19(24)23-12-7-9-13(10-8-12)25-17-16-14-5-4-6-15(14)27-18(16)22-11-21-17;2*1-2-4-12-7-9-13(10-8-12)21-17-16-14-5-3-6-15(14)22-18(16)20-11-19-17;8-6-7-4-2-1-3-5-7;2*1-2;2-1-4-3;;;/h3-5,7-8,16,18-19H,2,6,9-15H2,1H3;11-13H,4-10H2,1-3H3,(H,23,24);2*11-13H,2-10H2,1H3;1-5H,6H2;1H3;1H2;1,3H;1H;;/q;;;;;;-1;;;2*+1/i;;;;;1D;;;;;/hD. The van der Waals surface area contributed by atoms with Crippen molar-refractivity contribution in [2.75, 3.05) is 13.7 Å². The SMILES string of the molecule is BrCc1ccccc1.CC(C)(C)OC(=O)NC1CCC(Oc2ncnc3sc4c(c23)CCC4)CC1.CCCC1CCC(Oc2ncnc3sc4c(c23)CCC4)CC1.CCCC1CCC(Oc2ncnc3sc4c(c23)CCC4)CC1.CCN(Cc1ccccc1)C1CCC(Oc2ncnc3sc4c(c23)CCC4)CC1.Cl.[2H]CF.[2H]OOC=O.[CH2-]F.[K+].[K+]. The number of alkyl carbamates (subject to hydrolysis) is 1. The van der Waals surface area contributed by atoms with Crippen molar-refractivity contribution >= 4 is 127 Å². The summed E-state index contributed by atoms with van der Waals surface area (Å²) in [7, 11) is 0.750. The number of aromatic nitrogens is 8. The molecule has 18 rings (SSSR count). The fraction of sp³-hybridized carbons (Fsp3) is 0.567. The number of alkyl halides is 2. The minimum Gasteiger partial charge on any atom is -0.474 e. The first-order valence-electron chi connectivity index (χ1n) is 43.2. The van der Waals surface area contributed by atoms with Crippen LogP contribution in [0, 0.1) is 19.0 Å². The predicted molar refractivity (Wildman–Crippen MR) is 475 cm³/mol. The maximum Gasteiger partial charge on any atom is 1.00 e. The van der Waals surface area contributed by atoms with E-state index < -0.39 is 12.8 Å². The number of nitrogens with zero attached hydrogens (tertiary/aromatic N) is 9. The summed E-state index contributed by atoms with van der Waals surface area (Å²) < 4.78 is 61.2. The second-order valence-electron chi connectivity index (χ2n) is 32.1. The number of halogens is 4. The summed E-state index contributed by atoms with van der Waals surface area (Å²) in [6.07, 6.45) is 45.3. The maximum atomic E-state index is 11.9. The van der Waals surface area contributed by atoms with E-state index in [1.165, 1.54) is 217 Å². The number of nitrogens with one attached hydrogen (secondary N) is 1. The molecule has 8 aliphatic rings. The first kappa shape index (κ1) is 97.6. The van der Waals surface area contributed by atoms with Crippen molar-refractivity contribution in [2.24, 2.45) is 11.8 Å². The Hall–Kier alpha value is -3.64. The number of carbonyl (C=O) groups is 2. The smallest absolute Gasteiger partial charge is 0.474 e. The van der Waals surface area contributed by atoms with Crippen LogP contribution in [0.4, 0.5) is 13.6 Å². The monoisotopic (exact) mass is 1840 g/mol. The van der Waals surface area contributed by atoms with Crippen LogP contribution in [0.15, 0.2) is 86.0 Å². The molecule has 636 valence electrons. The van der Waals surface area contributed by atoms with Crippen molar-refractivity contribution < 1.29 is 156 Å². The second kappa shape index (κ2) is 52.5. The molecule has 19 nitrogen and oxygen atoms in total. The third-order valence-electron chi connectivity index (χ3n) is 23.2. The number of ether oxygens (including phenoxy) is 5. The Kier molecular flexibility index (Phi) is 43.0. The van der Waals surface area contributed by atoms with Crippen LogP contribution in [0.5, 0.6) is 23.5 Å². The topological polar surface area (TPSA) is 228 Å². The Morgan fingerprint density at radius 2 is 0.866 bits per heavy atom. The van der Waals surface area contributed by atoms with E-state index in [-0.39, 0.29) is 146 Å². The van der Waals surface area contributed by atoms with Crippen LogP contribution in [0.2, 0.25) is 0 Å². The third kappa shape index (κ3) is 28.7. The van der Waals surface area contributed by atoms with E-state index in [0.717, 1.165) is 136 Å². The summed E-state index contributed by atoms with van der Waals surface area (Å²) >= 11 is 10.6. The number of thiophene rings is 4. The molecule has 0 spiro atoms. The van der Waals surface area contributed by atoms with Gasteiger partial charge in [-0.25, -0.2) is 49.9 Å². The molecule has 29 heteroatoms. The normalized spacial score (nSPS) is 20.6. The van der Waals surface area contributed by atoms with E-state index in [1.807, 2.05) is 73.0 Å². The Morgan fingerprint density at radius 1 is 0.538 bits per heavy atom. The Morgan fingerprint density at radius 3 is 1.15 bits per heavy atom. The predicted octanol–water partition coefficient (Wildman–Crippen LogP) is 17.6. The second-order valence-corrected chi connectivity index (χ2v) is 37.0. The summed E-state index contributed by atoms with van der Waals surface area (Å²) in [5.74, 6) is 5.10. The molecule has 4 fully saturated rings. The molecular formula is C90H119BrClF2K2N10O9S4+. The number of amides is 1. The molecule has 0 aliphatic heterocycles. The van der Waals surface area contributed by atoms with Gasteiger partial charge in [-0.3, -0.25) is 14.1 Å². The molecule has 119 heavy (non-hydrogen) atoms. The zero-order chi connectivity index (χ0) is 83.2. The third-order valence-corrected chi connectivity index (χ3v) is 28.6. The number of benzene rings is 2. The van der Waals surface area contributed by atoms with Gasteiger partial charge in [-0.05, 0) is 252 Å². The van der Waals surface area contributed by atoms with Crippen molar-refractivity contribution in [3.05, 3.63) is 146 Å². The van der Waals surface area contributed by atoms with Crippen molar-refractivity contribution in [2.45, 2.75) is 301 Å². The van der Waals surface area contributed by atoms with E-state index in [4.69, 9.17) is 31.3 Å². The molecule has 0 saturated heterocycles. The Bertz CT molecular complexity index is 4590. The van der Waals surface area contributed by atoms with Gasteiger partial charge >= 0.3 is 115 Å². The number of fused-ring (bicyclic) bond motifs is 12. The quantitative estimate of drug-likeness (QED) is 0.0180. The van der Waals surface area contributed by atoms with Gasteiger partial charge in [0, 0.05) is 43.5 Å². The Balaban J connectivity index is 0.000000187. The molecule has 8 aliphatic carbocycles. The number of hydrogen-bond acceptors (Lipinski definition) is 22. The van der Waals surface area contributed by atoms with E-state index in [1.54, 1.807) is 43.8 Å². The molecule has 2 aromatic carbocycles. The summed E-state index contributed by atoms with van der Waals surface area (Å²) in [5.41, 5.74) is 8.05. The molecule has 8 heterocycles. The van der Waals surface area contributed by atoms with Crippen LogP contribution in [0.25, 0.3) is 42.3 Å². The van der Waals surface area contributed by atoms with E-state index in [9.17, 15) is 13.6 Å². The average molecular weight is 1850 g/mol. The Labute approximate surface area is 821 Å². The first-order chi connectivity index (χ1) is 57.7. The van der Waals surface area contributed by atoms with Crippen LogP contribution in [0.3, 0.4) is 0 Å². The zero-order valence-electron chi connectivity index (χ0n) is 72.8. The summed E-state index contributed by atoms with van der Waals surface area (Å²) in [5, 5.41) is 11.8. The molecule has 0 radical (unpaired) electrons. The van der Waals surface area contributed by atoms with Crippen molar-refractivity contribution in [1.29, 1.82) is 1.43 Å². The van der Waals surface area contributed by atoms with Gasteiger partial charge in [-0.15, -0.1) is 57.8 Å². The molecule has 0 atom stereocenters. The van der Waals surface area contributed by atoms with Crippen molar-refractivity contribution in [1.82, 2.24) is 50.1 Å². The van der Waals surface area contributed by atoms with Gasteiger partial charge in [0.2, 0.25) is 23.5 Å². The summed E-state index contributed by atoms with van der Waals surface area (Å²) in [4.78, 5) is 73.0. The van der Waals surface area contributed by atoms with E-state index in [0.29, 0.717) is 18.2 Å². The van der Waals surface area contributed by atoms with Crippen molar-refractivity contribution in [3.63, 3.8) is 0 Å². The van der Waals surface area contributed by atoms with Crippen molar-refractivity contribution in [3.8, 4) is 23.5 Å². The molecular weight excluding hydrogens is 1720 g/mol. The van der Waals surface area contributed by atoms with Gasteiger partial charge < -0.3 is 38.3 Å². The number of hydrogen-bond donors (Lipinski definition) is 2. The maximum absolute atomic E-state index is 11.9. The van der Waals surface area contributed by atoms with Gasteiger partial charge in [0.25, 0.3) is 1.43 Å². The van der Waals surface area contributed by atoms with Gasteiger partial charge in [0.1, 0.15) is 74.6 Å². The molecule has 2 N–H and O–H groups in total. The van der Waals surface area contributed by atoms with E-state index >= 15 is 0 Å². The van der Waals surface area contributed by atoms with Crippen LogP contribution in [-0.2, 0) is 77.7 Å². The molecule has 0 unspecified atom stereocenters. The fourth-order valence-corrected chi connectivity index (χ4v) is 22.9. The summed E-state index contributed by atoms with van der Waals surface area (Å²) in [6.45, 7) is 14.6. The molecule has 0 bridgehead atoms. The number of carbonyl (C=O) groups excluding carboxylic acids is 2. The van der Waals surface area contributed by atoms with Crippen LogP contribution >= 0.6 is 73.7 Å². The summed E-state index contributed by atoms with van der Waals surface area (Å²) in [6, 6.07) is 21.9. The first-order valence-corrected chi connectivity index (χ1v) is 46.4. The zero-order valence-corrected chi connectivity index (χ0v) is 82.7. The van der Waals surface area contributed by atoms with Gasteiger partial charge in [-0.1, -0.05) is 123 Å². The fourth-order valence-electron chi connectivity index (χ4n) is 17.7. The van der Waals surface area contributed by atoms with Gasteiger partial charge in [-0.2, -0.15) is 7.18 Å². The number of aryl methyl sites for hydroxylation is 8. The minimum atomic E-state index is -1.00. The van der Waals surface area contributed by atoms with Crippen LogP contribution in [-0.4, -0.2) is 118 Å².